The van der Waals surface area contributed by atoms with E-state index in [0.717, 1.165) is 11.1 Å². The van der Waals surface area contributed by atoms with E-state index < -0.39 is 28.5 Å². The molecular weight excluding hydrogens is 380 g/mol. The molecule has 2 rings (SSSR count). The van der Waals surface area contributed by atoms with Crippen LogP contribution in [-0.4, -0.2) is 33.9 Å². The second-order valence-corrected chi connectivity index (χ2v) is 7.95. The smallest absolute Gasteiger partial charge is 0.331 e. The maximum atomic E-state index is 12.0. The number of benzene rings is 2. The minimum absolute atomic E-state index is 0.0610. The van der Waals surface area contributed by atoms with Gasteiger partial charge in [-0.3, -0.25) is 4.79 Å². The Morgan fingerprint density at radius 3 is 2.54 bits per heavy atom. The van der Waals surface area contributed by atoms with E-state index in [-0.39, 0.29) is 10.6 Å². The number of nitrogens with one attached hydrogen (secondary N) is 2. The van der Waals surface area contributed by atoms with Crippen molar-refractivity contribution in [1.29, 1.82) is 0 Å². The van der Waals surface area contributed by atoms with Gasteiger partial charge in [-0.1, -0.05) is 35.9 Å². The summed E-state index contributed by atoms with van der Waals surface area (Å²) >= 11 is 0. The van der Waals surface area contributed by atoms with Crippen LogP contribution in [0.15, 0.2) is 53.4 Å². The van der Waals surface area contributed by atoms with E-state index in [4.69, 9.17) is 4.74 Å². The predicted molar refractivity (Wildman–Crippen MR) is 107 cm³/mol. The summed E-state index contributed by atoms with van der Waals surface area (Å²) in [7, 11) is -2.34. The number of amides is 1. The molecule has 0 aliphatic carbocycles. The summed E-state index contributed by atoms with van der Waals surface area (Å²) < 4.78 is 31.1. The number of hydrogen-bond donors (Lipinski definition) is 2. The van der Waals surface area contributed by atoms with Crippen molar-refractivity contribution in [2.75, 3.05) is 19.0 Å². The number of esters is 1. The number of ether oxygens (including phenoxy) is 1. The van der Waals surface area contributed by atoms with Crippen LogP contribution in [0.3, 0.4) is 0 Å². The number of anilines is 1. The molecule has 0 aliphatic heterocycles. The highest BCUT2D eigenvalue weighted by molar-refractivity contribution is 7.89. The third-order valence-electron chi connectivity index (χ3n) is 3.83. The highest BCUT2D eigenvalue weighted by Gasteiger charge is 2.16. The highest BCUT2D eigenvalue weighted by atomic mass is 32.2. The molecule has 0 atom stereocenters. The molecular formula is C20H22N2O5S. The van der Waals surface area contributed by atoms with Gasteiger partial charge in [-0.05, 0) is 50.2 Å². The summed E-state index contributed by atoms with van der Waals surface area (Å²) in [6.07, 6.45) is 2.84. The number of sulfonamides is 1. The summed E-state index contributed by atoms with van der Waals surface area (Å²) in [5.74, 6) is -1.23. The van der Waals surface area contributed by atoms with Gasteiger partial charge in [0.1, 0.15) is 0 Å². The van der Waals surface area contributed by atoms with Gasteiger partial charge in [-0.2, -0.15) is 0 Å². The summed E-state index contributed by atoms with van der Waals surface area (Å²) in [4.78, 5) is 23.8. The van der Waals surface area contributed by atoms with Crippen LogP contribution in [0.4, 0.5) is 5.69 Å². The number of hydrogen-bond acceptors (Lipinski definition) is 5. The maximum absolute atomic E-state index is 12.0. The Balaban J connectivity index is 1.94. The van der Waals surface area contributed by atoms with Crippen molar-refractivity contribution in [3.05, 3.63) is 65.2 Å². The molecule has 2 aromatic rings. The number of carbonyl (C=O) groups is 2. The molecule has 2 N–H and O–H groups in total. The average Bonchev–Trinajstić information content (AvgIpc) is 2.66. The molecule has 0 unspecified atom stereocenters. The van der Waals surface area contributed by atoms with Gasteiger partial charge < -0.3 is 10.1 Å². The Kier molecular flexibility index (Phi) is 7.08. The molecule has 7 nitrogen and oxygen atoms in total. The lowest BCUT2D eigenvalue weighted by molar-refractivity contribution is -0.142. The lowest BCUT2D eigenvalue weighted by Crippen LogP contribution is -2.22. The normalized spacial score (nSPS) is 11.4. The van der Waals surface area contributed by atoms with Gasteiger partial charge in [0.05, 0.1) is 4.90 Å². The van der Waals surface area contributed by atoms with E-state index >= 15 is 0 Å². The zero-order valence-corrected chi connectivity index (χ0v) is 16.7. The van der Waals surface area contributed by atoms with Gasteiger partial charge in [0.15, 0.2) is 6.61 Å². The van der Waals surface area contributed by atoms with Crippen LogP contribution in [0.25, 0.3) is 6.08 Å². The monoisotopic (exact) mass is 402 g/mol. The molecule has 2 aromatic carbocycles. The van der Waals surface area contributed by atoms with Crippen molar-refractivity contribution >= 4 is 33.7 Å². The second-order valence-electron chi connectivity index (χ2n) is 6.09. The largest absolute Gasteiger partial charge is 0.452 e. The van der Waals surface area contributed by atoms with E-state index in [0.29, 0.717) is 5.56 Å². The number of aryl methyl sites for hydroxylation is 2. The van der Waals surface area contributed by atoms with Crippen LogP contribution in [-0.2, 0) is 24.3 Å². The molecule has 0 saturated carbocycles. The fraction of sp³-hybridized carbons (Fsp3) is 0.200. The fourth-order valence-corrected chi connectivity index (χ4v) is 3.39. The molecule has 28 heavy (non-hydrogen) atoms. The Hall–Kier alpha value is -2.97. The number of rotatable bonds is 7. The van der Waals surface area contributed by atoms with Crippen LogP contribution in [0.1, 0.15) is 16.7 Å². The predicted octanol–water partition coefficient (Wildman–Crippen LogP) is 2.41. The molecule has 0 radical (unpaired) electrons. The van der Waals surface area contributed by atoms with Crippen molar-refractivity contribution < 1.29 is 22.7 Å². The van der Waals surface area contributed by atoms with Crippen LogP contribution < -0.4 is 10.0 Å². The van der Waals surface area contributed by atoms with Crippen molar-refractivity contribution in [2.45, 2.75) is 18.7 Å². The van der Waals surface area contributed by atoms with Gasteiger partial charge in [0.25, 0.3) is 5.91 Å². The van der Waals surface area contributed by atoms with E-state index in [1.807, 2.05) is 31.2 Å². The van der Waals surface area contributed by atoms with Crippen molar-refractivity contribution in [3.63, 3.8) is 0 Å². The molecule has 0 saturated heterocycles. The van der Waals surface area contributed by atoms with E-state index in [1.165, 1.54) is 19.2 Å². The Labute approximate surface area is 164 Å². The second kappa shape index (κ2) is 9.29. The Morgan fingerprint density at radius 2 is 1.86 bits per heavy atom. The molecule has 148 valence electrons. The lowest BCUT2D eigenvalue weighted by atomic mass is 10.1. The van der Waals surface area contributed by atoms with Gasteiger partial charge in [-0.25, -0.2) is 17.9 Å². The van der Waals surface area contributed by atoms with Crippen LogP contribution in [0.5, 0.6) is 0 Å². The number of carbonyl (C=O) groups excluding carboxylic acids is 2. The topological polar surface area (TPSA) is 102 Å². The molecule has 0 spiro atoms. The van der Waals surface area contributed by atoms with Crippen LogP contribution in [0.2, 0.25) is 0 Å². The van der Waals surface area contributed by atoms with E-state index in [2.05, 4.69) is 10.0 Å². The third-order valence-corrected chi connectivity index (χ3v) is 5.39. The molecule has 8 heteroatoms. The summed E-state index contributed by atoms with van der Waals surface area (Å²) in [5, 5.41) is 2.51. The molecule has 0 heterocycles. The fourth-order valence-electron chi connectivity index (χ4n) is 2.40. The van der Waals surface area contributed by atoms with Gasteiger partial charge in [0.2, 0.25) is 10.0 Å². The Morgan fingerprint density at radius 1 is 1.11 bits per heavy atom. The zero-order chi connectivity index (χ0) is 20.7. The molecule has 0 bridgehead atoms. The zero-order valence-electron chi connectivity index (χ0n) is 15.9. The average molecular weight is 402 g/mol. The third kappa shape index (κ3) is 6.04. The first-order valence-electron chi connectivity index (χ1n) is 8.47. The molecule has 0 fully saturated rings. The van der Waals surface area contributed by atoms with Crippen LogP contribution >= 0.6 is 0 Å². The molecule has 0 aliphatic rings. The van der Waals surface area contributed by atoms with Gasteiger partial charge >= 0.3 is 5.97 Å². The van der Waals surface area contributed by atoms with Gasteiger partial charge in [0, 0.05) is 11.8 Å². The lowest BCUT2D eigenvalue weighted by Gasteiger charge is -2.10. The molecule has 0 aromatic heterocycles. The molecule has 1 amide bonds. The SMILES string of the molecule is CNS(=O)(=O)c1cc(NC(=O)COC(=O)/C=C/c2cccc(C)c2)ccc1C. The van der Waals surface area contributed by atoms with E-state index in [1.54, 1.807) is 25.1 Å². The highest BCUT2D eigenvalue weighted by Crippen LogP contribution is 2.19. The van der Waals surface area contributed by atoms with Crippen LogP contribution in [0, 0.1) is 13.8 Å². The van der Waals surface area contributed by atoms with Crippen molar-refractivity contribution in [3.8, 4) is 0 Å². The van der Waals surface area contributed by atoms with Crippen molar-refractivity contribution in [2.24, 2.45) is 0 Å². The quantitative estimate of drug-likeness (QED) is 0.547. The summed E-state index contributed by atoms with van der Waals surface area (Å²) in [6, 6.07) is 12.1. The van der Waals surface area contributed by atoms with Gasteiger partial charge in [-0.15, -0.1) is 0 Å². The maximum Gasteiger partial charge on any atom is 0.331 e. The first-order valence-corrected chi connectivity index (χ1v) is 9.95. The summed E-state index contributed by atoms with van der Waals surface area (Å²) in [5.41, 5.74) is 2.74. The first kappa shape index (κ1) is 21.3. The minimum atomic E-state index is -3.65. The summed E-state index contributed by atoms with van der Waals surface area (Å²) in [6.45, 7) is 3.11. The Bertz CT molecular complexity index is 1010. The minimum Gasteiger partial charge on any atom is -0.452 e. The van der Waals surface area contributed by atoms with E-state index in [9.17, 15) is 18.0 Å². The standard InChI is InChI=1S/C20H22N2O5S/c1-14-5-4-6-16(11-14)8-10-20(24)27-13-19(23)22-17-9-7-15(2)18(12-17)28(25,26)21-3/h4-12,21H,13H2,1-3H3,(H,22,23)/b10-8+. The van der Waals surface area contributed by atoms with Crippen molar-refractivity contribution in [1.82, 2.24) is 4.72 Å². The first-order chi connectivity index (χ1) is 13.2.